The fourth-order valence-corrected chi connectivity index (χ4v) is 3.30. The molecule has 1 aliphatic carbocycles. The van der Waals surface area contributed by atoms with Crippen molar-refractivity contribution < 1.29 is 14.2 Å². The molecule has 3 heteroatoms. The van der Waals surface area contributed by atoms with Gasteiger partial charge >= 0.3 is 0 Å². The number of aliphatic hydroxyl groups excluding tert-OH is 1. The van der Waals surface area contributed by atoms with Gasteiger partial charge in [0.15, 0.2) is 0 Å². The number of hydrogen-bond donors (Lipinski definition) is 1. The van der Waals surface area contributed by atoms with Gasteiger partial charge in [0, 0.05) is 12.0 Å². The van der Waals surface area contributed by atoms with E-state index in [2.05, 4.69) is 13.8 Å². The van der Waals surface area contributed by atoms with Crippen LogP contribution in [0.25, 0.3) is 0 Å². The zero-order valence-electron chi connectivity index (χ0n) is 11.6. The van der Waals surface area contributed by atoms with Gasteiger partial charge in [-0.3, -0.25) is 0 Å². The zero-order valence-corrected chi connectivity index (χ0v) is 11.6. The van der Waals surface area contributed by atoms with Gasteiger partial charge in [-0.25, -0.2) is 4.39 Å². The molecule has 1 aromatic carbocycles. The summed E-state index contributed by atoms with van der Waals surface area (Å²) in [6, 6.07) is 4.44. The molecular weight excluding hydrogens is 243 g/mol. The molecule has 1 fully saturated rings. The Bertz CT molecular complexity index is 486. The average Bonchev–Trinajstić information content (AvgIpc) is 2.35. The molecule has 0 bridgehead atoms. The quantitative estimate of drug-likeness (QED) is 0.768. The molecule has 0 aromatic heterocycles. The van der Waals surface area contributed by atoms with Crippen molar-refractivity contribution in [2.75, 3.05) is 0 Å². The Labute approximate surface area is 113 Å². The first-order chi connectivity index (χ1) is 8.89. The summed E-state index contributed by atoms with van der Waals surface area (Å²) in [6.45, 7) is 4.56. The van der Waals surface area contributed by atoms with Crippen molar-refractivity contribution in [3.63, 3.8) is 0 Å². The standard InChI is InChI=1S/C16H21FO2/c1-15(2)5-7-16(8-6-15)10-13(18)12-9-11(17)3-4-14(12)19-16/h3-4,9,13,18H,5-8,10H2,1-2H3/t13-/m0/s1. The molecule has 0 radical (unpaired) electrons. The van der Waals surface area contributed by atoms with Crippen LogP contribution in [0.2, 0.25) is 0 Å². The highest BCUT2D eigenvalue weighted by Gasteiger charge is 2.44. The third-order valence-corrected chi connectivity index (χ3v) is 4.74. The summed E-state index contributed by atoms with van der Waals surface area (Å²) in [6.07, 6.45) is 4.12. The van der Waals surface area contributed by atoms with E-state index in [1.165, 1.54) is 12.1 Å². The molecule has 1 heterocycles. The van der Waals surface area contributed by atoms with Crippen LogP contribution in [0, 0.1) is 11.2 Å². The van der Waals surface area contributed by atoms with Crippen LogP contribution >= 0.6 is 0 Å². The molecular formula is C16H21FO2. The van der Waals surface area contributed by atoms with Crippen molar-refractivity contribution in [1.82, 2.24) is 0 Å². The normalized spacial score (nSPS) is 27.7. The number of halogens is 1. The van der Waals surface area contributed by atoms with Crippen LogP contribution < -0.4 is 4.74 Å². The van der Waals surface area contributed by atoms with Gasteiger partial charge in [0.2, 0.25) is 0 Å². The second kappa shape index (κ2) is 4.20. The van der Waals surface area contributed by atoms with E-state index in [9.17, 15) is 9.50 Å². The molecule has 1 spiro atoms. The number of fused-ring (bicyclic) bond motifs is 1. The molecule has 1 aliphatic heterocycles. The number of hydrogen-bond acceptors (Lipinski definition) is 2. The molecule has 3 rings (SSSR count). The van der Waals surface area contributed by atoms with E-state index >= 15 is 0 Å². The van der Waals surface area contributed by atoms with Crippen molar-refractivity contribution in [2.24, 2.45) is 5.41 Å². The Balaban J connectivity index is 1.87. The number of ether oxygens (including phenoxy) is 1. The Hall–Kier alpha value is -1.09. The summed E-state index contributed by atoms with van der Waals surface area (Å²) in [5.41, 5.74) is 0.707. The molecule has 2 aliphatic rings. The van der Waals surface area contributed by atoms with E-state index in [0.29, 0.717) is 23.1 Å². The summed E-state index contributed by atoms with van der Waals surface area (Å²) in [5, 5.41) is 10.3. The Morgan fingerprint density at radius 3 is 2.58 bits per heavy atom. The van der Waals surface area contributed by atoms with E-state index in [0.717, 1.165) is 25.7 Å². The Kier molecular flexibility index (Phi) is 2.86. The van der Waals surface area contributed by atoms with Crippen molar-refractivity contribution >= 4 is 0 Å². The fraction of sp³-hybridized carbons (Fsp3) is 0.625. The van der Waals surface area contributed by atoms with Gasteiger partial charge in [-0.2, -0.15) is 0 Å². The van der Waals surface area contributed by atoms with Crippen LogP contribution in [0.15, 0.2) is 18.2 Å². The second-order valence-corrected chi connectivity index (χ2v) is 6.85. The van der Waals surface area contributed by atoms with Crippen molar-refractivity contribution in [1.29, 1.82) is 0 Å². The van der Waals surface area contributed by atoms with Crippen LogP contribution in [0.3, 0.4) is 0 Å². The van der Waals surface area contributed by atoms with Crippen molar-refractivity contribution in [3.8, 4) is 5.75 Å². The maximum Gasteiger partial charge on any atom is 0.126 e. The van der Waals surface area contributed by atoms with E-state index in [1.54, 1.807) is 6.07 Å². The number of rotatable bonds is 0. The van der Waals surface area contributed by atoms with Crippen molar-refractivity contribution in [2.45, 2.75) is 57.7 Å². The van der Waals surface area contributed by atoms with Crippen LogP contribution in [-0.4, -0.2) is 10.7 Å². The SMILES string of the molecule is CC1(C)CCC2(CC1)C[C@H](O)c1cc(F)ccc1O2. The lowest BCUT2D eigenvalue weighted by molar-refractivity contribution is -0.0577. The van der Waals surface area contributed by atoms with Gasteiger partial charge < -0.3 is 9.84 Å². The Morgan fingerprint density at radius 1 is 1.21 bits per heavy atom. The summed E-state index contributed by atoms with van der Waals surface area (Å²) in [7, 11) is 0. The molecule has 104 valence electrons. The highest BCUT2D eigenvalue weighted by molar-refractivity contribution is 5.38. The molecule has 0 saturated heterocycles. The smallest absolute Gasteiger partial charge is 0.126 e. The van der Waals surface area contributed by atoms with E-state index < -0.39 is 6.10 Å². The number of aliphatic hydroxyl groups is 1. The summed E-state index contributed by atoms with van der Waals surface area (Å²) >= 11 is 0. The summed E-state index contributed by atoms with van der Waals surface area (Å²) in [4.78, 5) is 0. The molecule has 1 N–H and O–H groups in total. The molecule has 1 saturated carbocycles. The topological polar surface area (TPSA) is 29.5 Å². The maximum atomic E-state index is 13.2. The minimum absolute atomic E-state index is 0.250. The fourth-order valence-electron chi connectivity index (χ4n) is 3.30. The highest BCUT2D eigenvalue weighted by Crippen LogP contribution is 2.49. The third kappa shape index (κ3) is 2.36. The molecule has 1 atom stereocenters. The first-order valence-corrected chi connectivity index (χ1v) is 7.06. The van der Waals surface area contributed by atoms with Gasteiger partial charge in [0.05, 0.1) is 6.10 Å². The van der Waals surface area contributed by atoms with Crippen molar-refractivity contribution in [3.05, 3.63) is 29.6 Å². The summed E-state index contributed by atoms with van der Waals surface area (Å²) in [5.74, 6) is 0.335. The number of benzene rings is 1. The molecule has 0 amide bonds. The van der Waals surface area contributed by atoms with Crippen LogP contribution in [0.1, 0.15) is 57.6 Å². The molecule has 19 heavy (non-hydrogen) atoms. The van der Waals surface area contributed by atoms with Gasteiger partial charge in [-0.15, -0.1) is 0 Å². The van der Waals surface area contributed by atoms with Gasteiger partial charge in [0.25, 0.3) is 0 Å². The predicted octanol–water partition coefficient (Wildman–Crippen LogP) is 3.98. The minimum atomic E-state index is -0.610. The lowest BCUT2D eigenvalue weighted by atomic mass is 9.68. The maximum absolute atomic E-state index is 13.2. The average molecular weight is 264 g/mol. The molecule has 0 unspecified atom stereocenters. The highest BCUT2D eigenvalue weighted by atomic mass is 19.1. The third-order valence-electron chi connectivity index (χ3n) is 4.74. The lowest BCUT2D eigenvalue weighted by Gasteiger charge is -2.47. The lowest BCUT2D eigenvalue weighted by Crippen LogP contribution is -2.45. The second-order valence-electron chi connectivity index (χ2n) is 6.85. The first kappa shape index (κ1) is 12.9. The van der Waals surface area contributed by atoms with E-state index in [4.69, 9.17) is 4.74 Å². The minimum Gasteiger partial charge on any atom is -0.487 e. The summed E-state index contributed by atoms with van der Waals surface area (Å²) < 4.78 is 19.4. The van der Waals surface area contributed by atoms with Crippen LogP contribution in [0.5, 0.6) is 5.75 Å². The van der Waals surface area contributed by atoms with E-state index in [-0.39, 0.29) is 11.4 Å². The van der Waals surface area contributed by atoms with Gasteiger partial charge in [0.1, 0.15) is 17.2 Å². The van der Waals surface area contributed by atoms with E-state index in [1.807, 2.05) is 0 Å². The largest absolute Gasteiger partial charge is 0.487 e. The molecule has 1 aromatic rings. The predicted molar refractivity (Wildman–Crippen MR) is 71.6 cm³/mol. The zero-order chi connectivity index (χ0) is 13.7. The van der Waals surface area contributed by atoms with Crippen LogP contribution in [0.4, 0.5) is 4.39 Å². The first-order valence-electron chi connectivity index (χ1n) is 7.06. The van der Waals surface area contributed by atoms with Crippen LogP contribution in [-0.2, 0) is 0 Å². The van der Waals surface area contributed by atoms with Gasteiger partial charge in [-0.05, 0) is 49.3 Å². The monoisotopic (exact) mass is 264 g/mol. The Morgan fingerprint density at radius 2 is 1.89 bits per heavy atom. The molecule has 2 nitrogen and oxygen atoms in total. The van der Waals surface area contributed by atoms with Gasteiger partial charge in [-0.1, -0.05) is 13.8 Å².